The minimum atomic E-state index is -0.565. The molecule has 4 atom stereocenters. The summed E-state index contributed by atoms with van der Waals surface area (Å²) in [7, 11) is 1.69. The normalized spacial score (nSPS) is 19.6. The minimum Gasteiger partial charge on any atom is -0.493 e. The number of β-amino-alcohol motifs (C(OH)–C–C–N with tert-alkyl or cyclic N) is 1. The Kier molecular flexibility index (Phi) is 12.9. The molecule has 1 aliphatic rings. The third-order valence-electron chi connectivity index (χ3n) is 7.03. The van der Waals surface area contributed by atoms with Gasteiger partial charge in [-0.2, -0.15) is 0 Å². The molecule has 194 valence electrons. The van der Waals surface area contributed by atoms with Crippen molar-refractivity contribution in [2.75, 3.05) is 40.0 Å². The average Bonchev–Trinajstić information content (AvgIpc) is 2.82. The lowest BCUT2D eigenvalue weighted by molar-refractivity contribution is 0.0514. The number of hydrogen-bond acceptors (Lipinski definition) is 6. The lowest BCUT2D eigenvalue weighted by Crippen LogP contribution is -2.49. The molecule has 1 aromatic rings. The van der Waals surface area contributed by atoms with Gasteiger partial charge in [0, 0.05) is 38.9 Å². The van der Waals surface area contributed by atoms with Gasteiger partial charge in [-0.15, -0.1) is 0 Å². The van der Waals surface area contributed by atoms with Crippen molar-refractivity contribution in [2.45, 2.75) is 77.5 Å². The van der Waals surface area contributed by atoms with Crippen LogP contribution >= 0.6 is 0 Å². The van der Waals surface area contributed by atoms with E-state index >= 15 is 0 Å². The highest BCUT2D eigenvalue weighted by Crippen LogP contribution is 2.22. The summed E-state index contributed by atoms with van der Waals surface area (Å²) in [6.07, 6.45) is 5.52. The molecule has 4 N–H and O–H groups in total. The van der Waals surface area contributed by atoms with E-state index in [1.54, 1.807) is 13.2 Å². The second-order valence-corrected chi connectivity index (χ2v) is 10.1. The van der Waals surface area contributed by atoms with Gasteiger partial charge in [0.15, 0.2) is 0 Å². The number of aliphatic hydroxyl groups is 1. The van der Waals surface area contributed by atoms with Crippen molar-refractivity contribution in [1.82, 2.24) is 10.2 Å². The Bertz CT molecular complexity index is 715. The fourth-order valence-electron chi connectivity index (χ4n) is 4.53. The number of carbonyl (C=O) groups excluding carboxylic acids is 1. The molecule has 0 bridgehead atoms. The van der Waals surface area contributed by atoms with Crippen LogP contribution in [0.3, 0.4) is 0 Å². The van der Waals surface area contributed by atoms with Gasteiger partial charge in [0.05, 0.1) is 18.3 Å². The minimum absolute atomic E-state index is 0.144. The number of nitrogens with one attached hydrogen (secondary N) is 1. The van der Waals surface area contributed by atoms with E-state index < -0.39 is 6.10 Å². The van der Waals surface area contributed by atoms with Gasteiger partial charge in [-0.25, -0.2) is 0 Å². The quantitative estimate of drug-likeness (QED) is 0.335. The molecule has 1 heterocycles. The lowest BCUT2D eigenvalue weighted by Gasteiger charge is -2.36. The highest BCUT2D eigenvalue weighted by atomic mass is 16.5. The van der Waals surface area contributed by atoms with E-state index in [4.69, 9.17) is 15.2 Å². The highest BCUT2D eigenvalue weighted by molar-refractivity contribution is 5.96. The predicted octanol–water partition coefficient (Wildman–Crippen LogP) is 3.45. The number of ether oxygens (including phenoxy) is 2. The van der Waals surface area contributed by atoms with Crippen LogP contribution in [0.2, 0.25) is 0 Å². The van der Waals surface area contributed by atoms with E-state index in [2.05, 4.69) is 31.0 Å². The Labute approximate surface area is 206 Å². The first-order chi connectivity index (χ1) is 16.3. The van der Waals surface area contributed by atoms with Crippen LogP contribution in [-0.2, 0) is 4.74 Å². The number of methoxy groups -OCH3 is 1. The van der Waals surface area contributed by atoms with Crippen LogP contribution in [0.15, 0.2) is 24.3 Å². The van der Waals surface area contributed by atoms with Gasteiger partial charge < -0.3 is 25.6 Å². The second-order valence-electron chi connectivity index (χ2n) is 10.1. The summed E-state index contributed by atoms with van der Waals surface area (Å²) in [5.41, 5.74) is 6.97. The molecule has 0 aromatic heterocycles. The molecule has 1 saturated heterocycles. The lowest BCUT2D eigenvalue weighted by atomic mass is 9.87. The van der Waals surface area contributed by atoms with Crippen LogP contribution < -0.4 is 15.8 Å². The van der Waals surface area contributed by atoms with Gasteiger partial charge in [-0.05, 0) is 69.5 Å². The smallest absolute Gasteiger partial charge is 0.255 e. The van der Waals surface area contributed by atoms with Crippen molar-refractivity contribution < 1.29 is 19.4 Å². The van der Waals surface area contributed by atoms with Crippen molar-refractivity contribution in [2.24, 2.45) is 17.6 Å². The van der Waals surface area contributed by atoms with Crippen LogP contribution in [0.4, 0.5) is 0 Å². The van der Waals surface area contributed by atoms with Crippen LogP contribution in [-0.4, -0.2) is 74.1 Å². The van der Waals surface area contributed by atoms with Crippen molar-refractivity contribution in [3.8, 4) is 5.75 Å². The molecule has 2 rings (SSSR count). The fourth-order valence-corrected chi connectivity index (χ4v) is 4.53. The summed E-state index contributed by atoms with van der Waals surface area (Å²) >= 11 is 0. The van der Waals surface area contributed by atoms with Crippen molar-refractivity contribution in [1.29, 1.82) is 0 Å². The third-order valence-corrected chi connectivity index (χ3v) is 7.03. The first-order valence-electron chi connectivity index (χ1n) is 13.0. The Morgan fingerprint density at radius 2 is 1.97 bits per heavy atom. The zero-order valence-corrected chi connectivity index (χ0v) is 21.7. The van der Waals surface area contributed by atoms with E-state index in [0.717, 1.165) is 19.4 Å². The maximum atomic E-state index is 12.9. The predicted molar refractivity (Wildman–Crippen MR) is 137 cm³/mol. The number of amides is 1. The molecule has 7 heteroatoms. The molecular formula is C27H47N3O4. The Morgan fingerprint density at radius 3 is 2.68 bits per heavy atom. The van der Waals surface area contributed by atoms with Gasteiger partial charge in [0.2, 0.25) is 0 Å². The average molecular weight is 478 g/mol. The summed E-state index contributed by atoms with van der Waals surface area (Å²) in [6.45, 7) is 9.92. The zero-order valence-electron chi connectivity index (χ0n) is 21.7. The molecule has 0 unspecified atom stereocenters. The number of carbonyl (C=O) groups is 1. The number of hydrogen-bond donors (Lipinski definition) is 3. The standard InChI is InChI=1S/C27H47N3O4/c1-20(2)22(17-24(28)25(31)19-30-14-8-7-11-21(30)3)18-29-27(32)23-12-5-6-13-26(23)34-16-10-9-15-33-4/h5-6,12-13,20-22,24-25,31H,7-11,14-19,28H2,1-4H3,(H,29,32)/t21-,22+,24-,25-/m0/s1. The van der Waals surface area contributed by atoms with Gasteiger partial charge in [0.1, 0.15) is 5.75 Å². The monoisotopic (exact) mass is 477 g/mol. The zero-order chi connectivity index (χ0) is 24.9. The number of nitrogens with two attached hydrogens (primary N) is 1. The molecule has 0 radical (unpaired) electrons. The van der Waals surface area contributed by atoms with E-state index in [-0.39, 0.29) is 17.9 Å². The first kappa shape index (κ1) is 28.6. The topological polar surface area (TPSA) is 97.0 Å². The summed E-state index contributed by atoms with van der Waals surface area (Å²) in [5, 5.41) is 13.8. The Morgan fingerprint density at radius 1 is 1.24 bits per heavy atom. The number of likely N-dealkylation sites (tertiary alicyclic amines) is 1. The van der Waals surface area contributed by atoms with Crippen LogP contribution in [0.5, 0.6) is 5.75 Å². The summed E-state index contributed by atoms with van der Waals surface area (Å²) in [6, 6.07) is 7.53. The number of benzene rings is 1. The van der Waals surface area contributed by atoms with E-state index in [9.17, 15) is 9.90 Å². The molecule has 1 aromatic carbocycles. The van der Waals surface area contributed by atoms with Crippen molar-refractivity contribution in [3.63, 3.8) is 0 Å². The number of unbranched alkanes of at least 4 members (excludes halogenated alkanes) is 1. The first-order valence-corrected chi connectivity index (χ1v) is 13.0. The fraction of sp³-hybridized carbons (Fsp3) is 0.741. The van der Waals surface area contributed by atoms with Gasteiger partial charge >= 0.3 is 0 Å². The molecular weight excluding hydrogens is 430 g/mol. The summed E-state index contributed by atoms with van der Waals surface area (Å²) in [4.78, 5) is 15.3. The van der Waals surface area contributed by atoms with Crippen LogP contribution in [0.25, 0.3) is 0 Å². The summed E-state index contributed by atoms with van der Waals surface area (Å²) < 4.78 is 10.9. The number of nitrogens with zero attached hydrogens (tertiary/aromatic N) is 1. The molecule has 34 heavy (non-hydrogen) atoms. The largest absolute Gasteiger partial charge is 0.493 e. The number of aliphatic hydroxyl groups excluding tert-OH is 1. The van der Waals surface area contributed by atoms with Gasteiger partial charge in [-0.1, -0.05) is 32.4 Å². The third kappa shape index (κ3) is 9.53. The molecule has 1 amide bonds. The highest BCUT2D eigenvalue weighted by Gasteiger charge is 2.27. The Hall–Kier alpha value is -1.67. The Balaban J connectivity index is 1.87. The van der Waals surface area contributed by atoms with Crippen molar-refractivity contribution >= 4 is 5.91 Å². The second kappa shape index (κ2) is 15.4. The van der Waals surface area contributed by atoms with Crippen LogP contribution in [0, 0.1) is 11.8 Å². The molecule has 7 nitrogen and oxygen atoms in total. The molecule has 0 aliphatic carbocycles. The molecule has 1 aliphatic heterocycles. The number of para-hydroxylation sites is 1. The molecule has 0 saturated carbocycles. The van der Waals surface area contributed by atoms with E-state index in [0.29, 0.717) is 56.0 Å². The molecule has 0 spiro atoms. The number of piperidine rings is 1. The van der Waals surface area contributed by atoms with Crippen molar-refractivity contribution in [3.05, 3.63) is 29.8 Å². The number of rotatable bonds is 15. The molecule has 1 fully saturated rings. The maximum Gasteiger partial charge on any atom is 0.255 e. The van der Waals surface area contributed by atoms with Crippen LogP contribution in [0.1, 0.15) is 69.7 Å². The van der Waals surface area contributed by atoms with Gasteiger partial charge in [0.25, 0.3) is 5.91 Å². The maximum absolute atomic E-state index is 12.9. The van der Waals surface area contributed by atoms with E-state index in [1.165, 1.54) is 19.3 Å². The van der Waals surface area contributed by atoms with E-state index in [1.807, 2.05) is 18.2 Å². The summed E-state index contributed by atoms with van der Waals surface area (Å²) in [5.74, 6) is 0.963. The SMILES string of the molecule is COCCCCOc1ccccc1C(=O)NC[C@@H](C[C@H](N)[C@@H](O)CN1CCCC[C@@H]1C)C(C)C. The van der Waals surface area contributed by atoms with Gasteiger partial charge in [-0.3, -0.25) is 9.69 Å².